The maximum absolute atomic E-state index is 12.1. The third-order valence-electron chi connectivity index (χ3n) is 2.48. The van der Waals surface area contributed by atoms with E-state index in [4.69, 9.17) is 21.1 Å². The van der Waals surface area contributed by atoms with Crippen LogP contribution in [0.15, 0.2) is 12.1 Å². The number of ether oxygens (including phenoxy) is 2. The number of hydrogen-bond acceptors (Lipinski definition) is 4. The van der Waals surface area contributed by atoms with Crippen molar-refractivity contribution in [1.29, 1.82) is 0 Å². The van der Waals surface area contributed by atoms with Crippen LogP contribution in [0.5, 0.6) is 11.5 Å². The molecule has 0 aliphatic carbocycles. The minimum Gasteiger partial charge on any atom is -0.486 e. The molecule has 3 nitrogen and oxygen atoms in total. The number of thioether (sulfide) groups is 1. The Morgan fingerprint density at radius 3 is 2.56 bits per heavy atom. The summed E-state index contributed by atoms with van der Waals surface area (Å²) < 4.78 is 10.9. The first-order chi connectivity index (χ1) is 8.58. The molecule has 0 amide bonds. The van der Waals surface area contributed by atoms with Crippen LogP contribution in [-0.4, -0.2) is 30.0 Å². The van der Waals surface area contributed by atoms with Crippen molar-refractivity contribution in [2.45, 2.75) is 19.1 Å². The van der Waals surface area contributed by atoms with Crippen LogP contribution in [0.3, 0.4) is 0 Å². The van der Waals surface area contributed by atoms with E-state index in [2.05, 4.69) is 13.8 Å². The molecule has 0 unspecified atom stereocenters. The molecule has 98 valence electrons. The lowest BCUT2D eigenvalue weighted by atomic mass is 10.1. The molecule has 0 atom stereocenters. The van der Waals surface area contributed by atoms with Gasteiger partial charge in [0.2, 0.25) is 0 Å². The summed E-state index contributed by atoms with van der Waals surface area (Å²) in [6.07, 6.45) is 0. The molecule has 1 aliphatic heterocycles. The largest absolute Gasteiger partial charge is 0.486 e. The molecule has 0 spiro atoms. The van der Waals surface area contributed by atoms with Gasteiger partial charge in [0.1, 0.15) is 13.2 Å². The molecule has 0 saturated carbocycles. The van der Waals surface area contributed by atoms with Crippen LogP contribution in [0.4, 0.5) is 0 Å². The van der Waals surface area contributed by atoms with Crippen molar-refractivity contribution >= 4 is 29.1 Å². The van der Waals surface area contributed by atoms with Crippen LogP contribution in [0, 0.1) is 0 Å². The summed E-state index contributed by atoms with van der Waals surface area (Å²) in [4.78, 5) is 12.1. The zero-order valence-corrected chi connectivity index (χ0v) is 11.9. The Bertz CT molecular complexity index is 460. The van der Waals surface area contributed by atoms with Crippen molar-refractivity contribution < 1.29 is 14.3 Å². The molecule has 0 aromatic heterocycles. The van der Waals surface area contributed by atoms with E-state index in [1.807, 2.05) is 0 Å². The highest BCUT2D eigenvalue weighted by molar-refractivity contribution is 8.00. The topological polar surface area (TPSA) is 35.5 Å². The fraction of sp³-hybridized carbons (Fsp3) is 0.462. The smallest absolute Gasteiger partial charge is 0.174 e. The van der Waals surface area contributed by atoms with E-state index in [0.717, 1.165) is 0 Å². The van der Waals surface area contributed by atoms with Gasteiger partial charge in [-0.05, 0) is 11.3 Å². The van der Waals surface area contributed by atoms with Crippen molar-refractivity contribution in [3.05, 3.63) is 22.7 Å². The zero-order chi connectivity index (χ0) is 13.1. The summed E-state index contributed by atoms with van der Waals surface area (Å²) in [7, 11) is 0. The minimum absolute atomic E-state index is 0.0238. The molecule has 2 rings (SSSR count). The lowest BCUT2D eigenvalue weighted by Gasteiger charge is -2.19. The number of fused-ring (bicyclic) bond motifs is 1. The molecule has 0 fully saturated rings. The molecule has 1 aromatic carbocycles. The van der Waals surface area contributed by atoms with Crippen molar-refractivity contribution in [3.63, 3.8) is 0 Å². The Kier molecular flexibility index (Phi) is 4.40. The summed E-state index contributed by atoms with van der Waals surface area (Å²) in [5.74, 6) is 1.66. The fourth-order valence-corrected chi connectivity index (χ4v) is 2.50. The first-order valence-electron chi connectivity index (χ1n) is 5.82. The first-order valence-corrected chi connectivity index (χ1v) is 7.24. The highest BCUT2D eigenvalue weighted by Crippen LogP contribution is 2.35. The van der Waals surface area contributed by atoms with E-state index in [9.17, 15) is 4.79 Å². The quantitative estimate of drug-likeness (QED) is 0.795. The molecule has 0 saturated heterocycles. The van der Waals surface area contributed by atoms with Gasteiger partial charge in [-0.1, -0.05) is 25.4 Å². The van der Waals surface area contributed by atoms with E-state index in [-0.39, 0.29) is 5.78 Å². The van der Waals surface area contributed by atoms with Crippen LogP contribution in [-0.2, 0) is 0 Å². The number of halogens is 1. The Balaban J connectivity index is 2.19. The van der Waals surface area contributed by atoms with Crippen LogP contribution >= 0.6 is 23.4 Å². The highest BCUT2D eigenvalue weighted by atomic mass is 35.5. The standard InChI is InChI=1S/C13H15ClO3S/c1-8(2)18-7-11(15)9-5-12-13(6-10(9)14)17-4-3-16-12/h5-6,8H,3-4,7H2,1-2H3. The molecule has 0 radical (unpaired) electrons. The van der Waals surface area contributed by atoms with Gasteiger partial charge in [-0.25, -0.2) is 0 Å². The predicted molar refractivity (Wildman–Crippen MR) is 74.4 cm³/mol. The average molecular weight is 287 g/mol. The number of ketones is 1. The second-order valence-electron chi connectivity index (χ2n) is 4.26. The third-order valence-corrected chi connectivity index (χ3v) is 3.89. The van der Waals surface area contributed by atoms with Crippen molar-refractivity contribution in [2.24, 2.45) is 0 Å². The van der Waals surface area contributed by atoms with Gasteiger partial charge in [0.25, 0.3) is 0 Å². The van der Waals surface area contributed by atoms with Gasteiger partial charge in [0, 0.05) is 11.6 Å². The Morgan fingerprint density at radius 1 is 1.33 bits per heavy atom. The summed E-state index contributed by atoms with van der Waals surface area (Å²) in [6.45, 7) is 5.13. The Labute approximate surface area is 116 Å². The van der Waals surface area contributed by atoms with Gasteiger partial charge in [-0.2, -0.15) is 11.8 Å². The minimum atomic E-state index is 0.0238. The maximum Gasteiger partial charge on any atom is 0.174 e. The fourth-order valence-electron chi connectivity index (χ4n) is 1.60. The second-order valence-corrected chi connectivity index (χ2v) is 6.23. The van der Waals surface area contributed by atoms with E-state index < -0.39 is 0 Å². The lowest BCUT2D eigenvalue weighted by molar-refractivity contribution is 0.102. The van der Waals surface area contributed by atoms with Crippen molar-refractivity contribution in [2.75, 3.05) is 19.0 Å². The average Bonchev–Trinajstić information content (AvgIpc) is 2.35. The highest BCUT2D eigenvalue weighted by Gasteiger charge is 2.19. The van der Waals surface area contributed by atoms with Crippen LogP contribution < -0.4 is 9.47 Å². The monoisotopic (exact) mass is 286 g/mol. The Morgan fingerprint density at radius 2 is 1.94 bits per heavy atom. The molecule has 1 aliphatic rings. The van der Waals surface area contributed by atoms with Gasteiger partial charge >= 0.3 is 0 Å². The molecule has 18 heavy (non-hydrogen) atoms. The molecule has 1 aromatic rings. The number of hydrogen-bond donors (Lipinski definition) is 0. The number of rotatable bonds is 4. The van der Waals surface area contributed by atoms with E-state index in [1.165, 1.54) is 0 Å². The van der Waals surface area contributed by atoms with Gasteiger partial charge < -0.3 is 9.47 Å². The van der Waals surface area contributed by atoms with Crippen molar-refractivity contribution in [3.8, 4) is 11.5 Å². The number of carbonyl (C=O) groups excluding carboxylic acids is 1. The molecular formula is C13H15ClO3S. The molecule has 1 heterocycles. The first kappa shape index (κ1) is 13.6. The third kappa shape index (κ3) is 3.12. The van der Waals surface area contributed by atoms with Crippen LogP contribution in [0.1, 0.15) is 24.2 Å². The van der Waals surface area contributed by atoms with Gasteiger partial charge in [-0.3, -0.25) is 4.79 Å². The summed E-state index contributed by atoms with van der Waals surface area (Å²) in [5.41, 5.74) is 0.508. The number of Topliss-reactive ketones (excluding diaryl/α,β-unsaturated/α-hetero) is 1. The van der Waals surface area contributed by atoms with Gasteiger partial charge in [0.05, 0.1) is 10.8 Å². The van der Waals surface area contributed by atoms with Gasteiger partial charge in [-0.15, -0.1) is 0 Å². The maximum atomic E-state index is 12.1. The van der Waals surface area contributed by atoms with E-state index in [1.54, 1.807) is 23.9 Å². The lowest BCUT2D eigenvalue weighted by Crippen LogP contribution is -2.16. The summed E-state index contributed by atoms with van der Waals surface area (Å²) in [5, 5.41) is 0.846. The van der Waals surface area contributed by atoms with Crippen LogP contribution in [0.25, 0.3) is 0 Å². The van der Waals surface area contributed by atoms with Gasteiger partial charge in [0.15, 0.2) is 17.3 Å². The Hall–Kier alpha value is -0.870. The van der Waals surface area contributed by atoms with Crippen LogP contribution in [0.2, 0.25) is 5.02 Å². The molecule has 0 N–H and O–H groups in total. The summed E-state index contributed by atoms with van der Waals surface area (Å²) >= 11 is 7.71. The number of carbonyl (C=O) groups is 1. The SMILES string of the molecule is CC(C)SCC(=O)c1cc2c(cc1Cl)OCCO2. The zero-order valence-electron chi connectivity index (χ0n) is 10.4. The second kappa shape index (κ2) is 5.85. The molecule has 0 bridgehead atoms. The normalized spacial score (nSPS) is 13.8. The van der Waals surface area contributed by atoms with E-state index in [0.29, 0.717) is 46.3 Å². The summed E-state index contributed by atoms with van der Waals surface area (Å²) in [6, 6.07) is 3.34. The number of benzene rings is 1. The molecule has 5 heteroatoms. The predicted octanol–water partition coefficient (Wildman–Crippen LogP) is 3.44. The molecular weight excluding hydrogens is 272 g/mol. The van der Waals surface area contributed by atoms with Crippen molar-refractivity contribution in [1.82, 2.24) is 0 Å². The van der Waals surface area contributed by atoms with E-state index >= 15 is 0 Å².